The number of rotatable bonds is 35. The molecule has 0 fully saturated rings. The van der Waals surface area contributed by atoms with E-state index in [-0.39, 0.29) is 16.4 Å². The maximum atomic E-state index is 12.4. The fourth-order valence-electron chi connectivity index (χ4n) is 11.4. The van der Waals surface area contributed by atoms with Gasteiger partial charge in [-0.05, 0) is 84.7 Å². The molecule has 66 heavy (non-hydrogen) atoms. The van der Waals surface area contributed by atoms with Crippen LogP contribution in [0.4, 0.5) is 5.69 Å². The van der Waals surface area contributed by atoms with E-state index in [9.17, 15) is 13.0 Å². The molecule has 1 N–H and O–H groups in total. The molecule has 2 unspecified atom stereocenters. The molecule has 2 aliphatic rings. The first-order valence-corrected chi connectivity index (χ1v) is 29.3. The maximum absolute atomic E-state index is 12.4. The van der Waals surface area contributed by atoms with Crippen LogP contribution in [0, 0.1) is 12.8 Å². The fraction of sp³-hybridized carbons (Fsp3) is 0.705. The molecule has 2 aromatic carbocycles. The summed E-state index contributed by atoms with van der Waals surface area (Å²) in [5.41, 5.74) is 9.72. The van der Waals surface area contributed by atoms with E-state index in [2.05, 4.69) is 104 Å². The number of allylic oxidation sites excluding steroid dienone is 6. The van der Waals surface area contributed by atoms with E-state index >= 15 is 0 Å². The van der Waals surface area contributed by atoms with Crippen molar-refractivity contribution in [2.24, 2.45) is 5.92 Å². The number of hydrogen-bond donors (Lipinski definition) is 1. The molecular weight excluding hydrogens is 827 g/mol. The average Bonchev–Trinajstić information content (AvgIpc) is 3.64. The van der Waals surface area contributed by atoms with Crippen molar-refractivity contribution in [3.05, 3.63) is 88.2 Å². The van der Waals surface area contributed by atoms with Crippen LogP contribution in [0.2, 0.25) is 0 Å². The van der Waals surface area contributed by atoms with Crippen LogP contribution in [0.1, 0.15) is 270 Å². The van der Waals surface area contributed by atoms with E-state index in [1.807, 2.05) is 6.07 Å². The summed E-state index contributed by atoms with van der Waals surface area (Å²) in [7, 11) is -4.33. The lowest BCUT2D eigenvalue weighted by atomic mass is 9.79. The molecule has 4 nitrogen and oxygen atoms in total. The molecule has 5 heteroatoms. The highest BCUT2D eigenvalue weighted by Gasteiger charge is 2.43. The van der Waals surface area contributed by atoms with Gasteiger partial charge in [-0.25, -0.2) is 0 Å². The number of fused-ring (bicyclic) bond motifs is 2. The molecular formula is C61H99NO3S. The Balaban J connectivity index is 1.42. The maximum Gasteiger partial charge on any atom is 0.294 e. The third kappa shape index (κ3) is 16.8. The molecule has 1 aliphatic heterocycles. The quantitative estimate of drug-likeness (QED) is 0.0553. The van der Waals surface area contributed by atoms with Gasteiger partial charge in [-0.1, -0.05) is 264 Å². The van der Waals surface area contributed by atoms with Gasteiger partial charge in [0, 0.05) is 28.3 Å². The van der Waals surface area contributed by atoms with Crippen molar-refractivity contribution >= 4 is 21.4 Å². The average molecular weight is 927 g/mol. The second kappa shape index (κ2) is 28.8. The molecule has 0 saturated heterocycles. The summed E-state index contributed by atoms with van der Waals surface area (Å²) in [6.07, 6.45) is 47.6. The monoisotopic (exact) mass is 926 g/mol. The number of unbranched alkanes of at least 4 members (excludes halogenated alkanes) is 26. The third-order valence-electron chi connectivity index (χ3n) is 15.6. The van der Waals surface area contributed by atoms with Crippen molar-refractivity contribution in [1.82, 2.24) is 0 Å². The number of anilines is 1. The summed E-state index contributed by atoms with van der Waals surface area (Å²) in [6.45, 7) is 20.8. The summed E-state index contributed by atoms with van der Waals surface area (Å²) in [5, 5.41) is 0. The Hall–Kier alpha value is -2.63. The molecule has 372 valence electrons. The van der Waals surface area contributed by atoms with Crippen LogP contribution in [-0.4, -0.2) is 19.0 Å². The fourth-order valence-corrected chi connectivity index (χ4v) is 11.9. The minimum absolute atomic E-state index is 0.0333. The van der Waals surface area contributed by atoms with Gasteiger partial charge in [-0.2, -0.15) is 8.42 Å². The highest BCUT2D eigenvalue weighted by molar-refractivity contribution is 7.85. The summed E-state index contributed by atoms with van der Waals surface area (Å²) in [6, 6.07) is 12.5. The molecule has 1 aliphatic carbocycles. The number of nitrogens with zero attached hydrogens (tertiary/aromatic N) is 1. The summed E-state index contributed by atoms with van der Waals surface area (Å²) in [4.78, 5) is 2.44. The van der Waals surface area contributed by atoms with Gasteiger partial charge in [0.15, 0.2) is 0 Å². The van der Waals surface area contributed by atoms with Gasteiger partial charge in [-0.15, -0.1) is 0 Å². The Bertz CT molecular complexity index is 1930. The number of benzene rings is 2. The Labute approximate surface area is 408 Å². The summed E-state index contributed by atoms with van der Waals surface area (Å²) >= 11 is 0. The van der Waals surface area contributed by atoms with Crippen molar-refractivity contribution in [2.75, 3.05) is 4.90 Å². The van der Waals surface area contributed by atoms with Gasteiger partial charge in [-0.3, -0.25) is 4.55 Å². The van der Waals surface area contributed by atoms with E-state index < -0.39 is 15.5 Å². The minimum Gasteiger partial charge on any atom is -0.341 e. The first-order chi connectivity index (χ1) is 31.7. The van der Waals surface area contributed by atoms with Crippen LogP contribution in [-0.2, 0) is 20.9 Å². The number of hydrogen-bond acceptors (Lipinski definition) is 3. The molecule has 2 aromatic rings. The lowest BCUT2D eigenvalue weighted by molar-refractivity contribution is 0.483. The van der Waals surface area contributed by atoms with Gasteiger partial charge in [0.2, 0.25) is 0 Å². The van der Waals surface area contributed by atoms with Gasteiger partial charge in [0.25, 0.3) is 10.1 Å². The first kappa shape index (κ1) is 56.0. The van der Waals surface area contributed by atoms with Crippen molar-refractivity contribution in [3.63, 3.8) is 0 Å². The van der Waals surface area contributed by atoms with E-state index in [1.165, 1.54) is 220 Å². The topological polar surface area (TPSA) is 57.6 Å². The zero-order valence-electron chi connectivity index (χ0n) is 44.2. The Morgan fingerprint density at radius 3 is 1.50 bits per heavy atom. The molecule has 0 aromatic heterocycles. The second-order valence-corrected chi connectivity index (χ2v) is 23.5. The van der Waals surface area contributed by atoms with Gasteiger partial charge in [0.05, 0.1) is 4.90 Å². The van der Waals surface area contributed by atoms with Gasteiger partial charge >= 0.3 is 0 Å². The summed E-state index contributed by atoms with van der Waals surface area (Å²) < 4.78 is 34.9. The van der Waals surface area contributed by atoms with Crippen molar-refractivity contribution in [3.8, 4) is 0 Å². The van der Waals surface area contributed by atoms with Crippen LogP contribution < -0.4 is 4.90 Å². The van der Waals surface area contributed by atoms with Crippen LogP contribution in [0.3, 0.4) is 0 Å². The lowest BCUT2D eigenvalue weighted by Crippen LogP contribution is -2.33. The van der Waals surface area contributed by atoms with Crippen LogP contribution >= 0.6 is 0 Å². The zero-order valence-corrected chi connectivity index (χ0v) is 45.0. The normalized spacial score (nSPS) is 17.1. The SMILES string of the molecule is CCCCCCCCCCCCCCCCC(C)C1=C(/C=C/C=C2\N(C(C)CCCCCCCCCCCCCCCC)c3ccc(S(=O)(=O)O)cc3C2(C)C)C(C)(C)c2cc(C)ccc21. The number of aryl methyl sites for hydroxylation is 1. The smallest absolute Gasteiger partial charge is 0.294 e. The van der Waals surface area contributed by atoms with E-state index in [0.29, 0.717) is 5.92 Å². The van der Waals surface area contributed by atoms with Crippen molar-refractivity contribution < 1.29 is 13.0 Å². The predicted molar refractivity (Wildman–Crippen MR) is 289 cm³/mol. The third-order valence-corrected chi connectivity index (χ3v) is 16.5. The van der Waals surface area contributed by atoms with E-state index in [0.717, 1.165) is 17.7 Å². The lowest BCUT2D eigenvalue weighted by Gasteiger charge is -2.32. The summed E-state index contributed by atoms with van der Waals surface area (Å²) in [5.74, 6) is 0.463. The minimum atomic E-state index is -4.33. The molecule has 0 amide bonds. The van der Waals surface area contributed by atoms with Crippen LogP contribution in [0.5, 0.6) is 0 Å². The first-order valence-electron chi connectivity index (χ1n) is 27.8. The highest BCUT2D eigenvalue weighted by atomic mass is 32.2. The van der Waals surface area contributed by atoms with Gasteiger partial charge < -0.3 is 4.90 Å². The van der Waals surface area contributed by atoms with Crippen LogP contribution in [0.25, 0.3) is 5.57 Å². The van der Waals surface area contributed by atoms with Crippen molar-refractivity contribution in [2.45, 2.75) is 277 Å². The second-order valence-electron chi connectivity index (χ2n) is 22.1. The van der Waals surface area contributed by atoms with E-state index in [1.54, 1.807) is 12.1 Å². The Morgan fingerprint density at radius 2 is 1.03 bits per heavy atom. The molecule has 1 heterocycles. The largest absolute Gasteiger partial charge is 0.341 e. The molecule has 0 bridgehead atoms. The Morgan fingerprint density at radius 1 is 0.576 bits per heavy atom. The van der Waals surface area contributed by atoms with Crippen molar-refractivity contribution in [1.29, 1.82) is 0 Å². The standard InChI is InChI=1S/C61H99NO3S/c1-10-12-14-16-18-20-22-24-26-28-30-32-34-36-39-50(4)59-53-45-43-49(3)47-55(53)60(6,7)54(59)41-38-42-58-61(8,9)56-48-52(66(63,64)65)44-46-57(56)62(58)51(5)40-37-35-33-31-29-27-25-23-21-19-17-15-13-11-2/h38,41-48,50-51H,10-37,39-40H2,1-9H3,(H,63,64,65)/b41-38+,58-42-. The molecule has 2 atom stereocenters. The molecule has 0 spiro atoms. The zero-order chi connectivity index (χ0) is 48.0. The Kier molecular flexibility index (Phi) is 24.4. The van der Waals surface area contributed by atoms with Gasteiger partial charge in [0.1, 0.15) is 0 Å². The predicted octanol–water partition coefficient (Wildman–Crippen LogP) is 19.3. The van der Waals surface area contributed by atoms with Crippen LogP contribution in [0.15, 0.2) is 70.8 Å². The highest BCUT2D eigenvalue weighted by Crippen LogP contribution is 2.52. The molecule has 0 radical (unpaired) electrons. The molecule has 4 rings (SSSR count). The van der Waals surface area contributed by atoms with E-state index in [4.69, 9.17) is 0 Å². The molecule has 0 saturated carbocycles.